The van der Waals surface area contributed by atoms with Gasteiger partial charge in [0.15, 0.2) is 11.5 Å². The van der Waals surface area contributed by atoms with Gasteiger partial charge in [-0.1, -0.05) is 5.16 Å². The Kier molecular flexibility index (Phi) is 7.16. The molecule has 3 N–H and O–H groups in total. The van der Waals surface area contributed by atoms with E-state index in [2.05, 4.69) is 20.4 Å². The van der Waals surface area contributed by atoms with Crippen molar-refractivity contribution < 1.29 is 38.6 Å². The number of nitrogens with zero attached hydrogens (tertiary/aromatic N) is 4. The highest BCUT2D eigenvalue weighted by atomic mass is 16.6. The summed E-state index contributed by atoms with van der Waals surface area (Å²) in [4.78, 5) is 41.1. The number of hydrogen-bond donors (Lipinski definition) is 3. The number of hydrogen-bond acceptors (Lipinski definition) is 10. The van der Waals surface area contributed by atoms with Crippen LogP contribution in [0.5, 0.6) is 11.5 Å². The van der Waals surface area contributed by atoms with Gasteiger partial charge < -0.3 is 29.5 Å². The number of carbonyl (C=O) groups is 3. The Balaban J connectivity index is 0.000000431. The SMILES string of the molecule is O=C(CN1CC(c2nc(-c3cccnc3)no2)C1)Nc1ccc2c(c1)OCCO2.O=C(O)C(=O)O. The van der Waals surface area contributed by atoms with E-state index in [0.29, 0.717) is 61.7 Å². The maximum absolute atomic E-state index is 12.3. The van der Waals surface area contributed by atoms with Crippen LogP contribution in [0.1, 0.15) is 11.8 Å². The molecule has 1 saturated heterocycles. The highest BCUT2D eigenvalue weighted by Crippen LogP contribution is 2.33. The fourth-order valence-corrected chi connectivity index (χ4v) is 3.39. The zero-order chi connectivity index (χ0) is 24.8. The molecule has 13 nitrogen and oxygen atoms in total. The molecule has 0 bridgehead atoms. The first-order valence-corrected chi connectivity index (χ1v) is 10.5. The summed E-state index contributed by atoms with van der Waals surface area (Å²) >= 11 is 0. The lowest BCUT2D eigenvalue weighted by atomic mass is 10.0. The van der Waals surface area contributed by atoms with E-state index in [-0.39, 0.29) is 11.8 Å². The van der Waals surface area contributed by atoms with E-state index in [4.69, 9.17) is 33.8 Å². The Morgan fingerprint density at radius 2 is 1.80 bits per heavy atom. The summed E-state index contributed by atoms with van der Waals surface area (Å²) < 4.78 is 16.4. The number of benzene rings is 1. The van der Waals surface area contributed by atoms with Crippen LogP contribution in [0.2, 0.25) is 0 Å². The second kappa shape index (κ2) is 10.6. The van der Waals surface area contributed by atoms with Gasteiger partial charge in [0.05, 0.1) is 12.5 Å². The number of carboxylic acids is 2. The minimum absolute atomic E-state index is 0.0818. The zero-order valence-corrected chi connectivity index (χ0v) is 18.3. The molecule has 0 radical (unpaired) electrons. The normalized spacial score (nSPS) is 14.7. The maximum Gasteiger partial charge on any atom is 0.414 e. The molecule has 0 atom stereocenters. The number of anilines is 1. The molecule has 5 rings (SSSR count). The minimum atomic E-state index is -1.82. The number of carboxylic acid groups (broad SMARTS) is 2. The summed E-state index contributed by atoms with van der Waals surface area (Å²) in [6.45, 7) is 2.75. The summed E-state index contributed by atoms with van der Waals surface area (Å²) in [5, 5.41) is 21.7. The summed E-state index contributed by atoms with van der Waals surface area (Å²) in [7, 11) is 0. The number of aromatic nitrogens is 3. The lowest BCUT2D eigenvalue weighted by Gasteiger charge is -2.36. The van der Waals surface area contributed by atoms with E-state index in [9.17, 15) is 4.79 Å². The molecule has 0 unspecified atom stereocenters. The van der Waals surface area contributed by atoms with Crippen LogP contribution in [-0.4, -0.2) is 80.9 Å². The Morgan fingerprint density at radius 3 is 2.49 bits per heavy atom. The monoisotopic (exact) mass is 483 g/mol. The molecule has 4 heterocycles. The number of ether oxygens (including phenoxy) is 2. The number of amides is 1. The minimum Gasteiger partial charge on any atom is -0.486 e. The van der Waals surface area contributed by atoms with Crippen LogP contribution in [0.4, 0.5) is 5.69 Å². The first-order chi connectivity index (χ1) is 16.9. The molecule has 2 aromatic heterocycles. The van der Waals surface area contributed by atoms with Crippen LogP contribution in [0, 0.1) is 0 Å². The van der Waals surface area contributed by atoms with Gasteiger partial charge in [-0.15, -0.1) is 0 Å². The molecule has 182 valence electrons. The van der Waals surface area contributed by atoms with Crippen LogP contribution >= 0.6 is 0 Å². The number of fused-ring (bicyclic) bond motifs is 1. The van der Waals surface area contributed by atoms with Crippen molar-refractivity contribution in [3.8, 4) is 22.9 Å². The lowest BCUT2D eigenvalue weighted by Crippen LogP contribution is -2.48. The van der Waals surface area contributed by atoms with Gasteiger partial charge in [0.25, 0.3) is 0 Å². The Hall–Kier alpha value is -4.52. The van der Waals surface area contributed by atoms with Crippen molar-refractivity contribution in [2.45, 2.75) is 5.92 Å². The fraction of sp³-hybridized carbons (Fsp3) is 0.273. The average molecular weight is 483 g/mol. The molecule has 1 fully saturated rings. The van der Waals surface area contributed by atoms with E-state index >= 15 is 0 Å². The lowest BCUT2D eigenvalue weighted by molar-refractivity contribution is -0.159. The summed E-state index contributed by atoms with van der Waals surface area (Å²) in [5.74, 6) is -1.12. The average Bonchev–Trinajstić information content (AvgIpc) is 3.31. The van der Waals surface area contributed by atoms with Gasteiger partial charge in [-0.05, 0) is 24.3 Å². The Morgan fingerprint density at radius 1 is 1.06 bits per heavy atom. The zero-order valence-electron chi connectivity index (χ0n) is 18.3. The summed E-state index contributed by atoms with van der Waals surface area (Å²) in [6, 6.07) is 9.11. The third-order valence-corrected chi connectivity index (χ3v) is 5.04. The summed E-state index contributed by atoms with van der Waals surface area (Å²) in [5.41, 5.74) is 1.51. The van der Waals surface area contributed by atoms with Gasteiger partial charge in [-0.2, -0.15) is 4.98 Å². The van der Waals surface area contributed by atoms with Crippen molar-refractivity contribution in [1.29, 1.82) is 0 Å². The molecule has 0 spiro atoms. The van der Waals surface area contributed by atoms with E-state index in [0.717, 1.165) is 5.56 Å². The quantitative estimate of drug-likeness (QED) is 0.441. The number of carbonyl (C=O) groups excluding carboxylic acids is 1. The van der Waals surface area contributed by atoms with Gasteiger partial charge in [-0.3, -0.25) is 14.7 Å². The van der Waals surface area contributed by atoms with Crippen LogP contribution in [0.15, 0.2) is 47.2 Å². The standard InChI is InChI=1S/C20H19N5O4.C2H2O4/c26-18(22-15-3-4-16-17(8-15)28-7-6-27-16)12-25-10-14(11-25)20-23-19(24-29-20)13-2-1-5-21-9-13;3-1(4)2(5)6/h1-5,8-9,14H,6-7,10-12H2,(H,22,26);(H,3,4)(H,5,6). The van der Waals surface area contributed by atoms with E-state index in [1.54, 1.807) is 24.5 Å². The molecule has 1 amide bonds. The third kappa shape index (κ3) is 6.09. The second-order valence-corrected chi connectivity index (χ2v) is 7.61. The van der Waals surface area contributed by atoms with Crippen LogP contribution in [-0.2, 0) is 14.4 Å². The molecule has 2 aliphatic heterocycles. The van der Waals surface area contributed by atoms with Crippen molar-refractivity contribution in [3.63, 3.8) is 0 Å². The van der Waals surface area contributed by atoms with Crippen molar-refractivity contribution in [2.75, 3.05) is 38.2 Å². The number of aliphatic carboxylic acids is 2. The Labute approximate surface area is 198 Å². The number of nitrogens with one attached hydrogen (secondary N) is 1. The van der Waals surface area contributed by atoms with Gasteiger partial charge in [0.1, 0.15) is 13.2 Å². The topological polar surface area (TPSA) is 177 Å². The van der Waals surface area contributed by atoms with Gasteiger partial charge in [0, 0.05) is 42.8 Å². The third-order valence-electron chi connectivity index (χ3n) is 5.04. The predicted molar refractivity (Wildman–Crippen MR) is 118 cm³/mol. The molecule has 35 heavy (non-hydrogen) atoms. The number of pyridine rings is 1. The fourth-order valence-electron chi connectivity index (χ4n) is 3.39. The van der Waals surface area contributed by atoms with Crippen LogP contribution < -0.4 is 14.8 Å². The van der Waals surface area contributed by atoms with Gasteiger partial charge >= 0.3 is 11.9 Å². The number of rotatable bonds is 5. The maximum atomic E-state index is 12.3. The summed E-state index contributed by atoms with van der Waals surface area (Å²) in [6.07, 6.45) is 3.40. The van der Waals surface area contributed by atoms with E-state index < -0.39 is 11.9 Å². The van der Waals surface area contributed by atoms with E-state index in [1.165, 1.54) is 0 Å². The molecule has 1 aromatic carbocycles. The number of likely N-dealkylation sites (tertiary alicyclic amines) is 1. The van der Waals surface area contributed by atoms with E-state index in [1.807, 2.05) is 23.1 Å². The molecular weight excluding hydrogens is 462 g/mol. The Bertz CT molecular complexity index is 1200. The second-order valence-electron chi connectivity index (χ2n) is 7.61. The molecular formula is C22H21N5O8. The van der Waals surface area contributed by atoms with Crippen molar-refractivity contribution >= 4 is 23.5 Å². The molecule has 0 saturated carbocycles. The van der Waals surface area contributed by atoms with Crippen LogP contribution in [0.3, 0.4) is 0 Å². The van der Waals surface area contributed by atoms with Crippen molar-refractivity contribution in [1.82, 2.24) is 20.0 Å². The molecule has 3 aromatic rings. The highest BCUT2D eigenvalue weighted by Gasteiger charge is 2.33. The van der Waals surface area contributed by atoms with Gasteiger partial charge in [0.2, 0.25) is 17.6 Å². The largest absolute Gasteiger partial charge is 0.486 e. The molecule has 2 aliphatic rings. The molecule has 0 aliphatic carbocycles. The van der Waals surface area contributed by atoms with Crippen LogP contribution in [0.25, 0.3) is 11.4 Å². The highest BCUT2D eigenvalue weighted by molar-refractivity contribution is 6.27. The first kappa shape index (κ1) is 23.6. The smallest absolute Gasteiger partial charge is 0.414 e. The molecule has 13 heteroatoms. The van der Waals surface area contributed by atoms with Crippen molar-refractivity contribution in [2.24, 2.45) is 0 Å². The van der Waals surface area contributed by atoms with Gasteiger partial charge in [-0.25, -0.2) is 9.59 Å². The first-order valence-electron chi connectivity index (χ1n) is 10.5. The van der Waals surface area contributed by atoms with Crippen molar-refractivity contribution in [3.05, 3.63) is 48.6 Å². The predicted octanol–water partition coefficient (Wildman–Crippen LogP) is 1.10.